The minimum Gasteiger partial charge on any atom is -0.376 e. The standard InChI is InChI=1S/C14H27N3O2/c1-11-10-19-12(2)9-17(11)13(8-15)7-14(18)16-5-3-4-6-16/h11-13H,3-10,15H2,1-2H3. The summed E-state index contributed by atoms with van der Waals surface area (Å²) in [5, 5.41) is 0. The maximum atomic E-state index is 12.3. The van der Waals surface area contributed by atoms with E-state index in [1.807, 2.05) is 4.90 Å². The molecular formula is C14H27N3O2. The number of rotatable bonds is 4. The Labute approximate surface area is 116 Å². The van der Waals surface area contributed by atoms with Gasteiger partial charge in [0.25, 0.3) is 0 Å². The molecule has 2 aliphatic heterocycles. The number of carbonyl (C=O) groups is 1. The SMILES string of the molecule is CC1CN(C(CN)CC(=O)N2CCCC2)C(C)CO1. The smallest absolute Gasteiger partial charge is 0.224 e. The van der Waals surface area contributed by atoms with Crippen LogP contribution in [0.5, 0.6) is 0 Å². The maximum Gasteiger partial charge on any atom is 0.224 e. The van der Waals surface area contributed by atoms with Gasteiger partial charge >= 0.3 is 0 Å². The van der Waals surface area contributed by atoms with Crippen molar-refractivity contribution in [2.75, 3.05) is 32.8 Å². The van der Waals surface area contributed by atoms with Crippen LogP contribution in [-0.2, 0) is 9.53 Å². The molecule has 1 amide bonds. The molecule has 5 heteroatoms. The van der Waals surface area contributed by atoms with Gasteiger partial charge in [0.2, 0.25) is 5.91 Å². The van der Waals surface area contributed by atoms with E-state index < -0.39 is 0 Å². The van der Waals surface area contributed by atoms with E-state index in [9.17, 15) is 4.79 Å². The molecule has 2 saturated heterocycles. The van der Waals surface area contributed by atoms with Crippen LogP contribution < -0.4 is 5.73 Å². The van der Waals surface area contributed by atoms with Crippen molar-refractivity contribution in [1.82, 2.24) is 9.80 Å². The van der Waals surface area contributed by atoms with Crippen LogP contribution in [0.3, 0.4) is 0 Å². The van der Waals surface area contributed by atoms with Crippen molar-refractivity contribution in [2.24, 2.45) is 5.73 Å². The molecule has 19 heavy (non-hydrogen) atoms. The zero-order chi connectivity index (χ0) is 13.8. The van der Waals surface area contributed by atoms with E-state index in [0.29, 0.717) is 19.0 Å². The van der Waals surface area contributed by atoms with Crippen molar-refractivity contribution in [2.45, 2.75) is 51.3 Å². The summed E-state index contributed by atoms with van der Waals surface area (Å²) in [6, 6.07) is 0.491. The molecule has 2 fully saturated rings. The van der Waals surface area contributed by atoms with Gasteiger partial charge < -0.3 is 15.4 Å². The van der Waals surface area contributed by atoms with Gasteiger partial charge in [-0.1, -0.05) is 0 Å². The van der Waals surface area contributed by atoms with Crippen LogP contribution in [0.1, 0.15) is 33.1 Å². The Morgan fingerprint density at radius 2 is 2.05 bits per heavy atom. The van der Waals surface area contributed by atoms with Crippen LogP contribution in [-0.4, -0.2) is 66.7 Å². The summed E-state index contributed by atoms with van der Waals surface area (Å²) >= 11 is 0. The van der Waals surface area contributed by atoms with E-state index in [4.69, 9.17) is 10.5 Å². The number of nitrogens with zero attached hydrogens (tertiary/aromatic N) is 2. The zero-order valence-corrected chi connectivity index (χ0v) is 12.2. The first kappa shape index (κ1) is 14.8. The third-order valence-electron chi connectivity index (χ3n) is 4.27. The molecule has 0 spiro atoms. The number of ether oxygens (including phenoxy) is 1. The molecule has 0 saturated carbocycles. The number of carbonyl (C=O) groups excluding carboxylic acids is 1. The molecule has 3 atom stereocenters. The van der Waals surface area contributed by atoms with E-state index >= 15 is 0 Å². The van der Waals surface area contributed by atoms with E-state index in [2.05, 4.69) is 18.7 Å². The van der Waals surface area contributed by atoms with E-state index in [1.165, 1.54) is 0 Å². The largest absolute Gasteiger partial charge is 0.376 e. The fraction of sp³-hybridized carbons (Fsp3) is 0.929. The average molecular weight is 269 g/mol. The van der Waals surface area contributed by atoms with Crippen molar-refractivity contribution < 1.29 is 9.53 Å². The molecule has 5 nitrogen and oxygen atoms in total. The topological polar surface area (TPSA) is 58.8 Å². The summed E-state index contributed by atoms with van der Waals surface area (Å²) in [6.45, 7) is 8.21. The van der Waals surface area contributed by atoms with Gasteiger partial charge in [0.1, 0.15) is 0 Å². The van der Waals surface area contributed by atoms with E-state index in [1.54, 1.807) is 0 Å². The van der Waals surface area contributed by atoms with E-state index in [-0.39, 0.29) is 18.1 Å². The third-order valence-corrected chi connectivity index (χ3v) is 4.27. The predicted octanol–water partition coefficient (Wildman–Crippen LogP) is 0.435. The molecule has 2 aliphatic rings. The maximum absolute atomic E-state index is 12.3. The molecule has 3 unspecified atom stereocenters. The van der Waals surface area contributed by atoms with Crippen LogP contribution in [0.2, 0.25) is 0 Å². The molecule has 2 rings (SSSR count). The lowest BCUT2D eigenvalue weighted by Crippen LogP contribution is -2.55. The summed E-state index contributed by atoms with van der Waals surface area (Å²) in [7, 11) is 0. The van der Waals surface area contributed by atoms with Gasteiger partial charge in [-0.3, -0.25) is 9.69 Å². The normalized spacial score (nSPS) is 30.6. The lowest BCUT2D eigenvalue weighted by atomic mass is 10.1. The number of nitrogens with two attached hydrogens (primary N) is 1. The Morgan fingerprint density at radius 1 is 1.37 bits per heavy atom. The Hall–Kier alpha value is -0.650. The first-order valence-electron chi connectivity index (χ1n) is 7.47. The number of amides is 1. The van der Waals surface area contributed by atoms with Crippen molar-refractivity contribution in [3.8, 4) is 0 Å². The number of morpholine rings is 1. The second-order valence-corrected chi connectivity index (χ2v) is 5.87. The second-order valence-electron chi connectivity index (χ2n) is 5.87. The van der Waals surface area contributed by atoms with Crippen molar-refractivity contribution in [3.05, 3.63) is 0 Å². The molecule has 0 aromatic carbocycles. The third kappa shape index (κ3) is 3.68. The highest BCUT2D eigenvalue weighted by atomic mass is 16.5. The van der Waals surface area contributed by atoms with Crippen LogP contribution in [0, 0.1) is 0 Å². The molecule has 0 aliphatic carbocycles. The Kier molecular flexibility index (Phi) is 5.19. The summed E-state index contributed by atoms with van der Waals surface area (Å²) in [6.07, 6.45) is 3.06. The van der Waals surface area contributed by atoms with Gasteiger partial charge in [0.05, 0.1) is 12.7 Å². The number of hydrogen-bond acceptors (Lipinski definition) is 4. The number of likely N-dealkylation sites (tertiary alicyclic amines) is 1. The number of hydrogen-bond donors (Lipinski definition) is 1. The summed E-state index contributed by atoms with van der Waals surface area (Å²) < 4.78 is 5.64. The highest BCUT2D eigenvalue weighted by molar-refractivity contribution is 5.77. The van der Waals surface area contributed by atoms with Gasteiger partial charge in [-0.05, 0) is 26.7 Å². The van der Waals surface area contributed by atoms with Crippen LogP contribution in [0.4, 0.5) is 0 Å². The van der Waals surface area contributed by atoms with E-state index in [0.717, 1.165) is 39.1 Å². The van der Waals surface area contributed by atoms with Gasteiger partial charge in [-0.25, -0.2) is 0 Å². The summed E-state index contributed by atoms with van der Waals surface area (Å²) in [4.78, 5) is 16.6. The average Bonchev–Trinajstić information content (AvgIpc) is 2.93. The first-order chi connectivity index (χ1) is 9.11. The van der Waals surface area contributed by atoms with Crippen molar-refractivity contribution >= 4 is 5.91 Å². The van der Waals surface area contributed by atoms with Gasteiger partial charge in [0, 0.05) is 44.7 Å². The fourth-order valence-corrected chi connectivity index (χ4v) is 3.07. The molecule has 0 radical (unpaired) electrons. The monoisotopic (exact) mass is 269 g/mol. The van der Waals surface area contributed by atoms with Crippen LogP contribution >= 0.6 is 0 Å². The van der Waals surface area contributed by atoms with Crippen LogP contribution in [0.15, 0.2) is 0 Å². The minimum absolute atomic E-state index is 0.148. The Morgan fingerprint density at radius 3 is 2.68 bits per heavy atom. The van der Waals surface area contributed by atoms with Gasteiger partial charge in [0.15, 0.2) is 0 Å². The fourth-order valence-electron chi connectivity index (χ4n) is 3.07. The zero-order valence-electron chi connectivity index (χ0n) is 12.2. The summed E-state index contributed by atoms with van der Waals surface area (Å²) in [5.74, 6) is 0.263. The molecule has 2 N–H and O–H groups in total. The Balaban J connectivity index is 1.92. The lowest BCUT2D eigenvalue weighted by Gasteiger charge is -2.41. The quantitative estimate of drug-likeness (QED) is 0.804. The predicted molar refractivity (Wildman–Crippen MR) is 74.9 cm³/mol. The molecular weight excluding hydrogens is 242 g/mol. The molecule has 0 aromatic rings. The highest BCUT2D eigenvalue weighted by Crippen LogP contribution is 2.18. The minimum atomic E-state index is 0.148. The Bertz CT molecular complexity index is 305. The molecule has 2 heterocycles. The molecule has 0 bridgehead atoms. The van der Waals surface area contributed by atoms with Crippen LogP contribution in [0.25, 0.3) is 0 Å². The molecule has 0 aromatic heterocycles. The summed E-state index contributed by atoms with van der Waals surface area (Å²) in [5.41, 5.74) is 5.91. The highest BCUT2D eigenvalue weighted by Gasteiger charge is 2.31. The van der Waals surface area contributed by atoms with Gasteiger partial charge in [-0.2, -0.15) is 0 Å². The second kappa shape index (κ2) is 6.68. The van der Waals surface area contributed by atoms with Gasteiger partial charge in [-0.15, -0.1) is 0 Å². The molecule has 110 valence electrons. The first-order valence-corrected chi connectivity index (χ1v) is 7.47. The van der Waals surface area contributed by atoms with Crippen molar-refractivity contribution in [3.63, 3.8) is 0 Å². The van der Waals surface area contributed by atoms with Crippen molar-refractivity contribution in [1.29, 1.82) is 0 Å². The lowest BCUT2D eigenvalue weighted by molar-refractivity contribution is -0.133.